The van der Waals surface area contributed by atoms with E-state index in [1.807, 2.05) is 19.1 Å². The van der Waals surface area contributed by atoms with Gasteiger partial charge in [0.1, 0.15) is 11.5 Å². The van der Waals surface area contributed by atoms with Gasteiger partial charge in [0.2, 0.25) is 0 Å². The van der Waals surface area contributed by atoms with Crippen molar-refractivity contribution in [3.05, 3.63) is 47.1 Å². The van der Waals surface area contributed by atoms with E-state index >= 15 is 0 Å². The van der Waals surface area contributed by atoms with Crippen molar-refractivity contribution in [3.8, 4) is 11.5 Å². The van der Waals surface area contributed by atoms with Crippen LogP contribution < -0.4 is 0 Å². The minimum absolute atomic E-state index is 0.0334. The fourth-order valence-corrected chi connectivity index (χ4v) is 3.57. The fourth-order valence-electron chi connectivity index (χ4n) is 3.57. The van der Waals surface area contributed by atoms with E-state index in [1.54, 1.807) is 0 Å². The number of rotatable bonds is 5. The highest BCUT2D eigenvalue weighted by molar-refractivity contribution is 5.52. The molecular formula is C21H30O2. The molecule has 1 aromatic rings. The Kier molecular flexibility index (Phi) is 5.23. The third-order valence-electron chi connectivity index (χ3n) is 5.48. The molecule has 0 radical (unpaired) electrons. The minimum Gasteiger partial charge on any atom is -0.507 e. The molecule has 0 amide bonds. The Labute approximate surface area is 140 Å². The maximum Gasteiger partial charge on any atom is 0.123 e. The lowest BCUT2D eigenvalue weighted by atomic mass is 9.63. The predicted octanol–water partition coefficient (Wildman–Crippen LogP) is 5.85. The Bertz CT molecular complexity index is 604. The van der Waals surface area contributed by atoms with Crippen LogP contribution in [-0.2, 0) is 6.42 Å². The van der Waals surface area contributed by atoms with E-state index in [0.29, 0.717) is 5.56 Å². The van der Waals surface area contributed by atoms with Gasteiger partial charge in [-0.25, -0.2) is 0 Å². The molecule has 2 rings (SSSR count). The van der Waals surface area contributed by atoms with Crippen molar-refractivity contribution in [2.24, 2.45) is 5.41 Å². The standard InChI is InChI=1S/C21H30O2/c1-6-7-8-16-12-18(22)20(19(23)13-16)17-11-15(4)9-10-21(17,5)14(2)3/h11-13,17,22-23H,2,6-10H2,1,3-5H3/t17-,21-/m0/s1. The van der Waals surface area contributed by atoms with Crippen molar-refractivity contribution in [1.29, 1.82) is 0 Å². The molecule has 0 fully saturated rings. The Morgan fingerprint density at radius 1 is 1.30 bits per heavy atom. The molecule has 2 N–H and O–H groups in total. The van der Waals surface area contributed by atoms with E-state index < -0.39 is 0 Å². The first kappa shape index (κ1) is 17.7. The monoisotopic (exact) mass is 314 g/mol. The van der Waals surface area contributed by atoms with Crippen LogP contribution in [0.3, 0.4) is 0 Å². The van der Waals surface area contributed by atoms with Crippen molar-refractivity contribution in [2.75, 3.05) is 0 Å². The van der Waals surface area contributed by atoms with Gasteiger partial charge in [0.05, 0.1) is 0 Å². The van der Waals surface area contributed by atoms with Crippen LogP contribution in [0.2, 0.25) is 0 Å². The normalized spacial score (nSPS) is 24.3. The molecule has 0 saturated carbocycles. The van der Waals surface area contributed by atoms with Crippen LogP contribution in [0.15, 0.2) is 35.9 Å². The van der Waals surface area contributed by atoms with Crippen LogP contribution in [0.4, 0.5) is 0 Å². The van der Waals surface area contributed by atoms with Crippen molar-refractivity contribution in [3.63, 3.8) is 0 Å². The molecule has 0 bridgehead atoms. The van der Waals surface area contributed by atoms with Crippen LogP contribution in [0.5, 0.6) is 11.5 Å². The molecule has 2 atom stereocenters. The summed E-state index contributed by atoms with van der Waals surface area (Å²) in [6.07, 6.45) is 7.27. The summed E-state index contributed by atoms with van der Waals surface area (Å²) in [7, 11) is 0. The van der Waals surface area contributed by atoms with Gasteiger partial charge in [0.15, 0.2) is 0 Å². The van der Waals surface area contributed by atoms with Crippen molar-refractivity contribution < 1.29 is 10.2 Å². The van der Waals surface area contributed by atoms with E-state index in [2.05, 4.69) is 33.4 Å². The summed E-state index contributed by atoms with van der Waals surface area (Å²) in [6, 6.07) is 3.64. The van der Waals surface area contributed by atoms with Gasteiger partial charge in [-0.2, -0.15) is 0 Å². The van der Waals surface area contributed by atoms with E-state index in [-0.39, 0.29) is 22.8 Å². The van der Waals surface area contributed by atoms with Crippen LogP contribution in [0.1, 0.15) is 70.4 Å². The number of allylic oxidation sites excluding steroid dienone is 3. The lowest BCUT2D eigenvalue weighted by Crippen LogP contribution is -2.29. The Morgan fingerprint density at radius 3 is 2.43 bits per heavy atom. The van der Waals surface area contributed by atoms with Crippen LogP contribution in [0.25, 0.3) is 0 Å². The number of aryl methyl sites for hydroxylation is 1. The zero-order chi connectivity index (χ0) is 17.2. The van der Waals surface area contributed by atoms with Gasteiger partial charge in [-0.1, -0.05) is 44.1 Å². The van der Waals surface area contributed by atoms with Crippen molar-refractivity contribution >= 4 is 0 Å². The molecule has 0 aliphatic heterocycles. The van der Waals surface area contributed by atoms with Gasteiger partial charge in [-0.3, -0.25) is 0 Å². The van der Waals surface area contributed by atoms with Crippen LogP contribution >= 0.6 is 0 Å². The Balaban J connectivity index is 2.50. The SMILES string of the molecule is C=C(C)[C@]1(C)CCC(C)=C[C@H]1c1c(O)cc(CCCC)cc1O. The van der Waals surface area contributed by atoms with Gasteiger partial charge in [0.25, 0.3) is 0 Å². The number of phenols is 2. The Morgan fingerprint density at radius 2 is 1.91 bits per heavy atom. The average molecular weight is 314 g/mol. The number of hydrogen-bond acceptors (Lipinski definition) is 2. The average Bonchev–Trinajstić information content (AvgIpc) is 2.48. The first-order valence-electron chi connectivity index (χ1n) is 8.67. The van der Waals surface area contributed by atoms with E-state index in [1.165, 1.54) is 5.57 Å². The molecule has 0 saturated heterocycles. The quantitative estimate of drug-likeness (QED) is 0.670. The van der Waals surface area contributed by atoms with Gasteiger partial charge in [-0.15, -0.1) is 0 Å². The molecule has 1 aliphatic carbocycles. The van der Waals surface area contributed by atoms with Gasteiger partial charge in [-0.05, 0) is 62.6 Å². The van der Waals surface area contributed by atoms with Gasteiger partial charge in [0, 0.05) is 11.5 Å². The topological polar surface area (TPSA) is 40.5 Å². The molecule has 0 heterocycles. The van der Waals surface area contributed by atoms with E-state index in [0.717, 1.165) is 43.2 Å². The minimum atomic E-state index is -0.139. The van der Waals surface area contributed by atoms with E-state index in [9.17, 15) is 10.2 Å². The molecule has 2 nitrogen and oxygen atoms in total. The maximum absolute atomic E-state index is 10.6. The second-order valence-electron chi connectivity index (χ2n) is 7.34. The molecule has 0 unspecified atom stereocenters. The summed E-state index contributed by atoms with van der Waals surface area (Å²) >= 11 is 0. The first-order chi connectivity index (χ1) is 10.8. The fraction of sp³-hybridized carbons (Fsp3) is 0.524. The van der Waals surface area contributed by atoms with Gasteiger partial charge < -0.3 is 10.2 Å². The first-order valence-corrected chi connectivity index (χ1v) is 8.67. The highest BCUT2D eigenvalue weighted by Crippen LogP contribution is 2.53. The summed E-state index contributed by atoms with van der Waals surface area (Å²) in [5, 5.41) is 21.2. The maximum atomic E-state index is 10.6. The highest BCUT2D eigenvalue weighted by atomic mass is 16.3. The second-order valence-corrected chi connectivity index (χ2v) is 7.34. The number of benzene rings is 1. The summed E-state index contributed by atoms with van der Waals surface area (Å²) in [6.45, 7) is 12.7. The molecule has 0 aromatic heterocycles. The number of hydrogen-bond donors (Lipinski definition) is 2. The third-order valence-corrected chi connectivity index (χ3v) is 5.48. The molecule has 1 aliphatic rings. The summed E-state index contributed by atoms with van der Waals surface area (Å²) in [5.74, 6) is 0.382. The molecular weight excluding hydrogens is 284 g/mol. The van der Waals surface area contributed by atoms with Crippen LogP contribution in [-0.4, -0.2) is 10.2 Å². The largest absolute Gasteiger partial charge is 0.507 e. The molecule has 23 heavy (non-hydrogen) atoms. The third kappa shape index (κ3) is 3.46. The zero-order valence-electron chi connectivity index (χ0n) is 14.9. The molecule has 0 spiro atoms. The zero-order valence-corrected chi connectivity index (χ0v) is 14.9. The van der Waals surface area contributed by atoms with Crippen molar-refractivity contribution in [2.45, 2.75) is 65.7 Å². The second kappa shape index (κ2) is 6.82. The number of unbranched alkanes of at least 4 members (excludes halogenated alkanes) is 1. The number of aromatic hydroxyl groups is 2. The Hall–Kier alpha value is -1.70. The lowest BCUT2D eigenvalue weighted by Gasteiger charge is -2.41. The van der Waals surface area contributed by atoms with Gasteiger partial charge >= 0.3 is 0 Å². The molecule has 126 valence electrons. The highest BCUT2D eigenvalue weighted by Gasteiger charge is 2.39. The van der Waals surface area contributed by atoms with Crippen molar-refractivity contribution in [1.82, 2.24) is 0 Å². The predicted molar refractivity (Wildman–Crippen MR) is 97.0 cm³/mol. The van der Waals surface area contributed by atoms with E-state index in [4.69, 9.17) is 0 Å². The molecule has 2 heteroatoms. The van der Waals surface area contributed by atoms with Crippen LogP contribution in [0, 0.1) is 5.41 Å². The molecule has 1 aromatic carbocycles. The summed E-state index contributed by atoms with van der Waals surface area (Å²) < 4.78 is 0. The lowest BCUT2D eigenvalue weighted by molar-refractivity contribution is 0.296. The summed E-state index contributed by atoms with van der Waals surface area (Å²) in [4.78, 5) is 0. The summed E-state index contributed by atoms with van der Waals surface area (Å²) in [5.41, 5.74) is 3.91. The number of phenolic OH excluding ortho intramolecular Hbond substituents is 2. The smallest absolute Gasteiger partial charge is 0.123 e.